The van der Waals surface area contributed by atoms with Crippen LogP contribution in [0.2, 0.25) is 0 Å². The monoisotopic (exact) mass is 253 g/mol. The van der Waals surface area contributed by atoms with Crippen molar-refractivity contribution in [1.29, 1.82) is 0 Å². The molecule has 102 valence electrons. The van der Waals surface area contributed by atoms with Crippen LogP contribution in [0.15, 0.2) is 0 Å². The Bertz CT molecular complexity index is 311. The zero-order valence-corrected chi connectivity index (χ0v) is 10.8. The molecule has 0 aromatic rings. The maximum atomic E-state index is 12.1. The molecule has 1 unspecified atom stereocenters. The van der Waals surface area contributed by atoms with E-state index in [1.165, 1.54) is 0 Å². The highest BCUT2D eigenvalue weighted by molar-refractivity contribution is 5.88. The fourth-order valence-corrected chi connectivity index (χ4v) is 2.86. The number of carbonyl (C=O) groups is 2. The van der Waals surface area contributed by atoms with Gasteiger partial charge in [-0.1, -0.05) is 0 Å². The van der Waals surface area contributed by atoms with Crippen molar-refractivity contribution >= 4 is 11.8 Å². The highest BCUT2D eigenvalue weighted by Gasteiger charge is 2.29. The molecule has 2 fully saturated rings. The minimum atomic E-state index is -0.321. The Hall–Kier alpha value is -1.10. The molecule has 0 radical (unpaired) electrons. The maximum Gasteiger partial charge on any atom is 0.242 e. The summed E-state index contributed by atoms with van der Waals surface area (Å²) < 4.78 is 0. The van der Waals surface area contributed by atoms with E-state index in [1.807, 2.05) is 0 Å². The summed E-state index contributed by atoms with van der Waals surface area (Å²) in [5.74, 6) is 0.660. The summed E-state index contributed by atoms with van der Waals surface area (Å²) >= 11 is 0. The molecular formula is C13H23N3O2. The predicted molar refractivity (Wildman–Crippen MR) is 68.7 cm³/mol. The molecule has 2 amide bonds. The first-order valence-corrected chi connectivity index (χ1v) is 6.99. The number of amides is 2. The zero-order valence-electron chi connectivity index (χ0n) is 10.8. The second-order valence-electron chi connectivity index (χ2n) is 5.45. The molecular weight excluding hydrogens is 230 g/mol. The Morgan fingerprint density at radius 2 is 2.00 bits per heavy atom. The van der Waals surface area contributed by atoms with Crippen LogP contribution in [0, 0.1) is 11.8 Å². The van der Waals surface area contributed by atoms with E-state index in [2.05, 4.69) is 10.6 Å². The van der Waals surface area contributed by atoms with Gasteiger partial charge in [0.2, 0.25) is 11.8 Å². The number of piperidine rings is 1. The van der Waals surface area contributed by atoms with Gasteiger partial charge in [-0.15, -0.1) is 0 Å². The Morgan fingerprint density at radius 3 is 2.61 bits per heavy atom. The van der Waals surface area contributed by atoms with Crippen LogP contribution in [0.3, 0.4) is 0 Å². The van der Waals surface area contributed by atoms with Crippen LogP contribution in [0.25, 0.3) is 0 Å². The van der Waals surface area contributed by atoms with Crippen molar-refractivity contribution in [2.45, 2.75) is 44.6 Å². The molecule has 2 aliphatic rings. The molecule has 1 heterocycles. The number of nitrogens with one attached hydrogen (secondary N) is 2. The number of carbonyl (C=O) groups excluding carboxylic acids is 2. The van der Waals surface area contributed by atoms with Crippen LogP contribution in [0.4, 0.5) is 0 Å². The summed E-state index contributed by atoms with van der Waals surface area (Å²) in [5, 5.41) is 5.68. The second-order valence-corrected chi connectivity index (χ2v) is 5.45. The van der Waals surface area contributed by atoms with Crippen molar-refractivity contribution < 1.29 is 9.59 Å². The van der Waals surface area contributed by atoms with Gasteiger partial charge in [0.1, 0.15) is 6.04 Å². The third kappa shape index (κ3) is 3.22. The molecule has 1 saturated heterocycles. The Balaban J connectivity index is 1.79. The summed E-state index contributed by atoms with van der Waals surface area (Å²) in [6.07, 6.45) is 5.58. The lowest BCUT2D eigenvalue weighted by molar-refractivity contribution is -0.132. The smallest absolute Gasteiger partial charge is 0.242 e. The van der Waals surface area contributed by atoms with Crippen LogP contribution in [0.1, 0.15) is 38.5 Å². The standard InChI is InChI=1S/C13H23N3O2/c14-8-9-3-5-10(6-4-9)12(17)16-11-2-1-7-15-13(11)18/h9-11H,1-8,14H2,(H,15,18)(H,16,17). The van der Waals surface area contributed by atoms with Gasteiger partial charge in [-0.2, -0.15) is 0 Å². The normalized spacial score (nSPS) is 32.7. The minimum Gasteiger partial charge on any atom is -0.354 e. The lowest BCUT2D eigenvalue weighted by Crippen LogP contribution is -2.51. The van der Waals surface area contributed by atoms with Gasteiger partial charge in [-0.3, -0.25) is 9.59 Å². The summed E-state index contributed by atoms with van der Waals surface area (Å²) in [6.45, 7) is 1.45. The van der Waals surface area contributed by atoms with E-state index < -0.39 is 0 Å². The number of hydrogen-bond donors (Lipinski definition) is 3. The van der Waals surface area contributed by atoms with Crippen LogP contribution in [-0.4, -0.2) is 30.9 Å². The number of nitrogens with two attached hydrogens (primary N) is 1. The molecule has 5 nitrogen and oxygen atoms in total. The van der Waals surface area contributed by atoms with Crippen LogP contribution < -0.4 is 16.4 Å². The number of rotatable bonds is 3. The van der Waals surface area contributed by atoms with Gasteiger partial charge >= 0.3 is 0 Å². The third-order valence-corrected chi connectivity index (χ3v) is 4.15. The van der Waals surface area contributed by atoms with E-state index >= 15 is 0 Å². The van der Waals surface area contributed by atoms with Crippen molar-refractivity contribution in [3.05, 3.63) is 0 Å². The SMILES string of the molecule is NCC1CCC(C(=O)NC2CCCNC2=O)CC1. The van der Waals surface area contributed by atoms with Crippen molar-refractivity contribution in [2.75, 3.05) is 13.1 Å². The van der Waals surface area contributed by atoms with Crippen molar-refractivity contribution in [3.8, 4) is 0 Å². The molecule has 18 heavy (non-hydrogen) atoms. The van der Waals surface area contributed by atoms with E-state index in [0.29, 0.717) is 5.92 Å². The largest absolute Gasteiger partial charge is 0.354 e. The van der Waals surface area contributed by atoms with Crippen LogP contribution in [-0.2, 0) is 9.59 Å². The lowest BCUT2D eigenvalue weighted by atomic mass is 9.81. The van der Waals surface area contributed by atoms with Gasteiger partial charge in [0.15, 0.2) is 0 Å². The molecule has 0 bridgehead atoms. The van der Waals surface area contributed by atoms with Gasteiger partial charge in [-0.05, 0) is 51.0 Å². The summed E-state index contributed by atoms with van der Waals surface area (Å²) in [6, 6.07) is -0.321. The van der Waals surface area contributed by atoms with Gasteiger partial charge < -0.3 is 16.4 Å². The van der Waals surface area contributed by atoms with Crippen LogP contribution in [0.5, 0.6) is 0 Å². The predicted octanol–water partition coefficient (Wildman–Crippen LogP) is 0.146. The molecule has 1 aliphatic carbocycles. The van der Waals surface area contributed by atoms with Crippen LogP contribution >= 0.6 is 0 Å². The summed E-state index contributed by atoms with van der Waals surface area (Å²) in [7, 11) is 0. The highest BCUT2D eigenvalue weighted by Crippen LogP contribution is 2.28. The minimum absolute atomic E-state index is 0.0368. The van der Waals surface area contributed by atoms with Gasteiger partial charge in [0, 0.05) is 12.5 Å². The fraction of sp³-hybridized carbons (Fsp3) is 0.846. The van der Waals surface area contributed by atoms with Gasteiger partial charge in [-0.25, -0.2) is 0 Å². The van der Waals surface area contributed by atoms with Crippen molar-refractivity contribution in [1.82, 2.24) is 10.6 Å². The molecule has 4 N–H and O–H groups in total. The average Bonchev–Trinajstić information content (AvgIpc) is 2.41. The first kappa shape index (κ1) is 13.3. The molecule has 5 heteroatoms. The molecule has 0 spiro atoms. The van der Waals surface area contributed by atoms with Crippen molar-refractivity contribution in [3.63, 3.8) is 0 Å². The topological polar surface area (TPSA) is 84.2 Å². The first-order chi connectivity index (χ1) is 8.70. The number of hydrogen-bond acceptors (Lipinski definition) is 3. The van der Waals surface area contributed by atoms with Crippen molar-refractivity contribution in [2.24, 2.45) is 17.6 Å². The molecule has 1 atom stereocenters. The Morgan fingerprint density at radius 1 is 1.28 bits per heavy atom. The van der Waals surface area contributed by atoms with E-state index in [1.54, 1.807) is 0 Å². The average molecular weight is 253 g/mol. The van der Waals surface area contributed by atoms with E-state index in [9.17, 15) is 9.59 Å². The fourth-order valence-electron chi connectivity index (χ4n) is 2.86. The molecule has 1 saturated carbocycles. The highest BCUT2D eigenvalue weighted by atomic mass is 16.2. The molecule has 2 rings (SSSR count). The molecule has 0 aromatic carbocycles. The zero-order chi connectivity index (χ0) is 13.0. The van der Waals surface area contributed by atoms with Gasteiger partial charge in [0.25, 0.3) is 0 Å². The second kappa shape index (κ2) is 6.18. The van der Waals surface area contributed by atoms with E-state index in [4.69, 9.17) is 5.73 Å². The van der Waals surface area contributed by atoms with E-state index in [-0.39, 0.29) is 23.8 Å². The molecule has 1 aliphatic heterocycles. The lowest BCUT2D eigenvalue weighted by Gasteiger charge is -2.29. The summed E-state index contributed by atoms with van der Waals surface area (Å²) in [4.78, 5) is 23.7. The molecule has 0 aromatic heterocycles. The maximum absolute atomic E-state index is 12.1. The van der Waals surface area contributed by atoms with E-state index in [0.717, 1.165) is 51.6 Å². The first-order valence-electron chi connectivity index (χ1n) is 6.99. The Kier molecular flexibility index (Phi) is 4.58. The Labute approximate surface area is 108 Å². The van der Waals surface area contributed by atoms with Gasteiger partial charge in [0.05, 0.1) is 0 Å². The summed E-state index contributed by atoms with van der Waals surface area (Å²) in [5.41, 5.74) is 5.64. The quantitative estimate of drug-likeness (QED) is 0.669. The third-order valence-electron chi connectivity index (χ3n) is 4.15.